The summed E-state index contributed by atoms with van der Waals surface area (Å²) in [7, 11) is 0. The molecule has 0 saturated carbocycles. The van der Waals surface area contributed by atoms with Crippen molar-refractivity contribution in [2.75, 3.05) is 0 Å². The molecule has 0 unspecified atom stereocenters. The molecule has 44 heavy (non-hydrogen) atoms. The Labute approximate surface area is 254 Å². The van der Waals surface area contributed by atoms with Gasteiger partial charge in [0.1, 0.15) is 5.82 Å². The highest BCUT2D eigenvalue weighted by Crippen LogP contribution is 2.36. The first-order valence-corrected chi connectivity index (χ1v) is 15.0. The minimum absolute atomic E-state index is 0.942. The summed E-state index contributed by atoms with van der Waals surface area (Å²) in [6.07, 6.45) is 0. The normalized spacial score (nSPS) is 11.6. The average Bonchev–Trinajstić information content (AvgIpc) is 3.65. The van der Waals surface area contributed by atoms with Crippen molar-refractivity contribution in [2.24, 2.45) is 0 Å². The van der Waals surface area contributed by atoms with E-state index in [1.807, 2.05) is 12.1 Å². The van der Waals surface area contributed by atoms with E-state index in [0.717, 1.165) is 28.1 Å². The minimum Gasteiger partial charge on any atom is -0.309 e. The van der Waals surface area contributed by atoms with E-state index in [9.17, 15) is 0 Å². The fourth-order valence-corrected chi connectivity index (χ4v) is 6.62. The van der Waals surface area contributed by atoms with E-state index in [0.29, 0.717) is 0 Å². The van der Waals surface area contributed by atoms with E-state index >= 15 is 0 Å². The van der Waals surface area contributed by atoms with Gasteiger partial charge >= 0.3 is 0 Å². The van der Waals surface area contributed by atoms with Gasteiger partial charge in [-0.3, -0.25) is 4.57 Å². The Kier molecular flexibility index (Phi) is 5.50. The van der Waals surface area contributed by atoms with Gasteiger partial charge in [-0.15, -0.1) is 0 Å². The van der Waals surface area contributed by atoms with Gasteiger partial charge in [-0.05, 0) is 76.5 Å². The molecular weight excluding hydrogens is 534 g/mol. The molecule has 0 radical (unpaired) electrons. The van der Waals surface area contributed by atoms with Crippen LogP contribution in [0.25, 0.3) is 77.5 Å². The summed E-state index contributed by atoms with van der Waals surface area (Å²) in [5, 5.41) is 5.00. The lowest BCUT2D eigenvalue weighted by Gasteiger charge is -2.11. The zero-order chi connectivity index (χ0) is 29.0. The van der Waals surface area contributed by atoms with Gasteiger partial charge in [0.05, 0.1) is 22.1 Å². The van der Waals surface area contributed by atoms with E-state index in [1.54, 1.807) is 0 Å². The average molecular weight is 562 g/mol. The summed E-state index contributed by atoms with van der Waals surface area (Å²) in [5.74, 6) is 0.942. The van der Waals surface area contributed by atoms with Crippen LogP contribution < -0.4 is 0 Å². The molecule has 0 bridgehead atoms. The van der Waals surface area contributed by atoms with Crippen molar-refractivity contribution >= 4 is 43.6 Å². The molecule has 0 N–H and O–H groups in total. The Hall–Kier alpha value is -5.93. The van der Waals surface area contributed by atoms with E-state index in [-0.39, 0.29) is 0 Å². The minimum atomic E-state index is 0.942. The first-order valence-electron chi connectivity index (χ1n) is 15.0. The van der Waals surface area contributed by atoms with E-state index < -0.39 is 0 Å². The maximum absolute atomic E-state index is 5.05. The highest BCUT2D eigenvalue weighted by molar-refractivity contribution is 6.10. The first-order chi connectivity index (χ1) is 21.8. The molecule has 3 nitrogen and oxygen atoms in total. The molecule has 9 aromatic rings. The largest absolute Gasteiger partial charge is 0.309 e. The van der Waals surface area contributed by atoms with Crippen LogP contribution in [0, 0.1) is 0 Å². The van der Waals surface area contributed by atoms with Crippen LogP contribution in [0.15, 0.2) is 164 Å². The highest BCUT2D eigenvalue weighted by Gasteiger charge is 2.16. The van der Waals surface area contributed by atoms with E-state index in [4.69, 9.17) is 4.98 Å². The highest BCUT2D eigenvalue weighted by atomic mass is 15.1. The number of imidazole rings is 1. The monoisotopic (exact) mass is 561 g/mol. The van der Waals surface area contributed by atoms with Crippen LogP contribution in [0.4, 0.5) is 0 Å². The molecule has 2 aromatic heterocycles. The number of hydrogen-bond acceptors (Lipinski definition) is 1. The number of para-hydroxylation sites is 4. The molecule has 0 aliphatic rings. The van der Waals surface area contributed by atoms with Gasteiger partial charge in [-0.2, -0.15) is 0 Å². The van der Waals surface area contributed by atoms with Crippen molar-refractivity contribution in [1.29, 1.82) is 0 Å². The molecule has 0 aliphatic carbocycles. The number of benzene rings is 7. The zero-order valence-corrected chi connectivity index (χ0v) is 23.9. The van der Waals surface area contributed by atoms with E-state index in [1.165, 1.54) is 49.4 Å². The SMILES string of the molecule is c1ccc(-n2c(-c3ccc(-c4ccc5c(c4)c4ccccc4n5-c4ccc5ccccc5c4)cc3)nc3ccccc32)cc1. The third-order valence-corrected chi connectivity index (χ3v) is 8.72. The van der Waals surface area contributed by atoms with Crippen molar-refractivity contribution in [2.45, 2.75) is 0 Å². The quantitative estimate of drug-likeness (QED) is 0.210. The molecule has 9 rings (SSSR count). The van der Waals surface area contributed by atoms with Crippen LogP contribution in [0.1, 0.15) is 0 Å². The van der Waals surface area contributed by atoms with Crippen molar-refractivity contribution < 1.29 is 0 Å². The molecular formula is C41H27N3. The predicted octanol–water partition coefficient (Wildman–Crippen LogP) is 10.6. The molecule has 0 atom stereocenters. The van der Waals surface area contributed by atoms with Gasteiger partial charge in [0.2, 0.25) is 0 Å². The predicted molar refractivity (Wildman–Crippen MR) is 184 cm³/mol. The number of hydrogen-bond donors (Lipinski definition) is 0. The molecule has 0 saturated heterocycles. The second-order valence-electron chi connectivity index (χ2n) is 11.3. The lowest BCUT2D eigenvalue weighted by Crippen LogP contribution is -1.97. The Balaban J connectivity index is 1.16. The first kappa shape index (κ1) is 24.6. The third-order valence-electron chi connectivity index (χ3n) is 8.72. The fourth-order valence-electron chi connectivity index (χ4n) is 6.62. The van der Waals surface area contributed by atoms with Gasteiger partial charge in [0, 0.05) is 27.7 Å². The van der Waals surface area contributed by atoms with Crippen molar-refractivity contribution in [1.82, 2.24) is 14.1 Å². The van der Waals surface area contributed by atoms with Crippen molar-refractivity contribution in [3.63, 3.8) is 0 Å². The number of rotatable bonds is 4. The van der Waals surface area contributed by atoms with Gasteiger partial charge < -0.3 is 4.57 Å². The molecule has 2 heterocycles. The summed E-state index contributed by atoms with van der Waals surface area (Å²) in [4.78, 5) is 5.05. The maximum Gasteiger partial charge on any atom is 0.145 e. The number of aromatic nitrogens is 3. The Morgan fingerprint density at radius 1 is 0.364 bits per heavy atom. The van der Waals surface area contributed by atoms with Crippen LogP contribution in [0.3, 0.4) is 0 Å². The van der Waals surface area contributed by atoms with Gasteiger partial charge in [-0.25, -0.2) is 4.98 Å². The summed E-state index contributed by atoms with van der Waals surface area (Å²) in [6, 6.07) is 58.5. The van der Waals surface area contributed by atoms with Gasteiger partial charge in [-0.1, -0.05) is 109 Å². The molecule has 0 fully saturated rings. The number of fused-ring (bicyclic) bond motifs is 5. The van der Waals surface area contributed by atoms with Crippen molar-refractivity contribution in [3.8, 4) is 33.9 Å². The van der Waals surface area contributed by atoms with Crippen LogP contribution in [0.5, 0.6) is 0 Å². The standard InChI is InChI=1S/C41H27N3/c1-2-12-33(13-3-1)44-40-17-9-7-15-37(40)42-41(44)30-20-18-29(19-21-30)32-23-25-39-36(27-32)35-14-6-8-16-38(35)43(39)34-24-22-28-10-4-5-11-31(28)26-34/h1-27H. The fraction of sp³-hybridized carbons (Fsp3) is 0. The summed E-state index contributed by atoms with van der Waals surface area (Å²) < 4.78 is 4.64. The Morgan fingerprint density at radius 2 is 1.02 bits per heavy atom. The van der Waals surface area contributed by atoms with Crippen LogP contribution >= 0.6 is 0 Å². The lowest BCUT2D eigenvalue weighted by molar-refractivity contribution is 1.10. The molecule has 0 spiro atoms. The van der Waals surface area contributed by atoms with E-state index in [2.05, 4.69) is 161 Å². The molecule has 0 amide bonds. The smallest absolute Gasteiger partial charge is 0.145 e. The van der Waals surface area contributed by atoms with Crippen LogP contribution in [-0.2, 0) is 0 Å². The third kappa shape index (κ3) is 3.87. The zero-order valence-electron chi connectivity index (χ0n) is 23.9. The molecule has 3 heteroatoms. The second-order valence-corrected chi connectivity index (χ2v) is 11.3. The summed E-state index contributed by atoms with van der Waals surface area (Å²) >= 11 is 0. The summed E-state index contributed by atoms with van der Waals surface area (Å²) in [6.45, 7) is 0. The Bertz CT molecular complexity index is 2480. The molecule has 206 valence electrons. The van der Waals surface area contributed by atoms with Crippen LogP contribution in [0.2, 0.25) is 0 Å². The maximum atomic E-state index is 5.05. The molecule has 7 aromatic carbocycles. The molecule has 0 aliphatic heterocycles. The van der Waals surface area contributed by atoms with Gasteiger partial charge in [0.25, 0.3) is 0 Å². The van der Waals surface area contributed by atoms with Gasteiger partial charge in [0.15, 0.2) is 0 Å². The second kappa shape index (κ2) is 9.82. The lowest BCUT2D eigenvalue weighted by atomic mass is 10.0. The van der Waals surface area contributed by atoms with Crippen molar-refractivity contribution in [3.05, 3.63) is 164 Å². The number of nitrogens with zero attached hydrogens (tertiary/aromatic N) is 3. The summed E-state index contributed by atoms with van der Waals surface area (Å²) in [5.41, 5.74) is 10.3. The van der Waals surface area contributed by atoms with Crippen LogP contribution in [-0.4, -0.2) is 14.1 Å². The Morgan fingerprint density at radius 3 is 1.89 bits per heavy atom. The topological polar surface area (TPSA) is 22.8 Å².